The first-order valence-corrected chi connectivity index (χ1v) is 8.76. The molecule has 1 aliphatic heterocycles. The molecule has 0 unspecified atom stereocenters. The van der Waals surface area contributed by atoms with Crippen LogP contribution in [-0.4, -0.2) is 47.4 Å². The Kier molecular flexibility index (Phi) is 4.77. The van der Waals surface area contributed by atoms with Crippen molar-refractivity contribution in [3.63, 3.8) is 0 Å². The van der Waals surface area contributed by atoms with Crippen LogP contribution in [0.2, 0.25) is 0 Å². The molecule has 1 fully saturated rings. The maximum Gasteiger partial charge on any atom is 0.189 e. The van der Waals surface area contributed by atoms with E-state index in [1.54, 1.807) is 11.8 Å². The minimum Gasteiger partial charge on any atom is -0.357 e. The summed E-state index contributed by atoms with van der Waals surface area (Å²) < 4.78 is 0. The van der Waals surface area contributed by atoms with E-state index in [9.17, 15) is 0 Å². The highest BCUT2D eigenvalue weighted by molar-refractivity contribution is 7.98. The second-order valence-corrected chi connectivity index (χ2v) is 6.19. The number of hydrogen-bond donors (Lipinski definition) is 0. The van der Waals surface area contributed by atoms with Crippen molar-refractivity contribution in [3.8, 4) is 0 Å². The summed E-state index contributed by atoms with van der Waals surface area (Å²) in [4.78, 5) is 17.9. The van der Waals surface area contributed by atoms with E-state index in [0.717, 1.165) is 42.7 Å². The molecular formula is C16H21N5S. The molecule has 116 valence electrons. The molecule has 2 aromatic heterocycles. The summed E-state index contributed by atoms with van der Waals surface area (Å²) in [5.74, 6) is 2.09. The van der Waals surface area contributed by atoms with Crippen LogP contribution in [-0.2, 0) is 0 Å². The average molecular weight is 315 g/mol. The minimum absolute atomic E-state index is 0.535. The molecule has 3 heterocycles. The van der Waals surface area contributed by atoms with Gasteiger partial charge >= 0.3 is 0 Å². The Morgan fingerprint density at radius 3 is 2.64 bits per heavy atom. The summed E-state index contributed by atoms with van der Waals surface area (Å²) in [6.45, 7) is 2.04. The summed E-state index contributed by atoms with van der Waals surface area (Å²) in [6, 6.07) is 8.61. The lowest BCUT2D eigenvalue weighted by molar-refractivity contribution is 0.477. The van der Waals surface area contributed by atoms with Gasteiger partial charge in [0.2, 0.25) is 0 Å². The van der Waals surface area contributed by atoms with E-state index in [1.807, 2.05) is 36.8 Å². The largest absolute Gasteiger partial charge is 0.357 e. The molecule has 3 rings (SSSR count). The first kappa shape index (κ1) is 15.1. The lowest BCUT2D eigenvalue weighted by Gasteiger charge is -2.37. The van der Waals surface area contributed by atoms with Crippen molar-refractivity contribution in [2.45, 2.75) is 24.0 Å². The van der Waals surface area contributed by atoms with Gasteiger partial charge in [-0.05, 0) is 37.3 Å². The molecule has 0 aliphatic carbocycles. The number of piperidine rings is 1. The van der Waals surface area contributed by atoms with Gasteiger partial charge in [-0.2, -0.15) is 0 Å². The summed E-state index contributed by atoms with van der Waals surface area (Å²) >= 11 is 1.58. The lowest BCUT2D eigenvalue weighted by Crippen LogP contribution is -2.44. The molecule has 0 N–H and O–H groups in total. The van der Waals surface area contributed by atoms with Crippen molar-refractivity contribution in [2.24, 2.45) is 0 Å². The van der Waals surface area contributed by atoms with Crippen molar-refractivity contribution < 1.29 is 0 Å². The zero-order chi connectivity index (χ0) is 15.4. The molecule has 0 amide bonds. The molecule has 0 spiro atoms. The van der Waals surface area contributed by atoms with Crippen LogP contribution in [0.25, 0.3) is 0 Å². The zero-order valence-electron chi connectivity index (χ0n) is 13.0. The summed E-state index contributed by atoms with van der Waals surface area (Å²) in [5.41, 5.74) is 0. The van der Waals surface area contributed by atoms with Gasteiger partial charge in [0.1, 0.15) is 11.6 Å². The van der Waals surface area contributed by atoms with Crippen LogP contribution in [0.3, 0.4) is 0 Å². The van der Waals surface area contributed by atoms with Crippen LogP contribution < -0.4 is 9.80 Å². The number of thioether (sulfide) groups is 1. The van der Waals surface area contributed by atoms with Crippen molar-refractivity contribution in [2.75, 3.05) is 36.2 Å². The minimum atomic E-state index is 0.535. The fourth-order valence-electron chi connectivity index (χ4n) is 2.84. The maximum atomic E-state index is 4.59. The first-order valence-electron chi connectivity index (χ1n) is 7.54. The van der Waals surface area contributed by atoms with Gasteiger partial charge in [-0.3, -0.25) is 0 Å². The fraction of sp³-hybridized carbons (Fsp3) is 0.438. The maximum absolute atomic E-state index is 4.59. The van der Waals surface area contributed by atoms with Crippen molar-refractivity contribution in [1.82, 2.24) is 15.0 Å². The van der Waals surface area contributed by atoms with Crippen LogP contribution in [0.4, 0.5) is 11.6 Å². The van der Waals surface area contributed by atoms with Crippen molar-refractivity contribution >= 4 is 23.4 Å². The van der Waals surface area contributed by atoms with E-state index >= 15 is 0 Å². The molecule has 5 nitrogen and oxygen atoms in total. The first-order chi connectivity index (χ1) is 10.8. The van der Waals surface area contributed by atoms with Crippen LogP contribution in [0.5, 0.6) is 0 Å². The van der Waals surface area contributed by atoms with Crippen LogP contribution in [0, 0.1) is 0 Å². The normalized spacial score (nSPS) is 15.8. The highest BCUT2D eigenvalue weighted by atomic mass is 32.2. The molecular weight excluding hydrogens is 294 g/mol. The Morgan fingerprint density at radius 1 is 1.14 bits per heavy atom. The van der Waals surface area contributed by atoms with E-state index in [-0.39, 0.29) is 0 Å². The highest BCUT2D eigenvalue weighted by Gasteiger charge is 2.24. The van der Waals surface area contributed by atoms with Gasteiger partial charge in [0.25, 0.3) is 0 Å². The van der Waals surface area contributed by atoms with Gasteiger partial charge in [-0.25, -0.2) is 15.0 Å². The monoisotopic (exact) mass is 315 g/mol. The quantitative estimate of drug-likeness (QED) is 0.638. The van der Waals surface area contributed by atoms with Gasteiger partial charge in [-0.1, -0.05) is 17.8 Å². The van der Waals surface area contributed by atoms with E-state index < -0.39 is 0 Å². The van der Waals surface area contributed by atoms with Gasteiger partial charge in [0.05, 0.1) is 0 Å². The van der Waals surface area contributed by atoms with Gasteiger partial charge in [-0.15, -0.1) is 0 Å². The molecule has 2 aromatic rings. The SMILES string of the molecule is CSc1nccc(N2CCC(N(C)c3ccccn3)CC2)n1. The number of hydrogen-bond acceptors (Lipinski definition) is 6. The topological polar surface area (TPSA) is 45.2 Å². The third kappa shape index (κ3) is 3.32. The third-order valence-corrected chi connectivity index (χ3v) is 4.71. The van der Waals surface area contributed by atoms with Crippen LogP contribution in [0.1, 0.15) is 12.8 Å². The average Bonchev–Trinajstić information content (AvgIpc) is 2.62. The Balaban J connectivity index is 1.62. The number of nitrogens with zero attached hydrogens (tertiary/aromatic N) is 5. The standard InChI is InChI=1S/C16H21N5S/c1-20(14-5-3-4-9-17-14)13-7-11-21(12-8-13)15-6-10-18-16(19-15)22-2/h3-6,9-10,13H,7-8,11-12H2,1-2H3. The second kappa shape index (κ2) is 6.96. The Morgan fingerprint density at radius 2 is 1.95 bits per heavy atom. The van der Waals surface area contributed by atoms with Crippen LogP contribution in [0.15, 0.2) is 41.8 Å². The number of rotatable bonds is 4. The Hall–Kier alpha value is -1.82. The van der Waals surface area contributed by atoms with E-state index in [1.165, 1.54) is 0 Å². The predicted octanol–water partition coefficient (Wildman–Crippen LogP) is 2.70. The molecule has 1 saturated heterocycles. The van der Waals surface area contributed by atoms with E-state index in [2.05, 4.69) is 37.9 Å². The predicted molar refractivity (Wildman–Crippen MR) is 91.7 cm³/mol. The van der Waals surface area contributed by atoms with E-state index in [0.29, 0.717) is 6.04 Å². The number of aromatic nitrogens is 3. The van der Waals surface area contributed by atoms with Gasteiger partial charge in [0, 0.05) is 38.6 Å². The molecule has 0 bridgehead atoms. The summed E-state index contributed by atoms with van der Waals surface area (Å²) in [7, 11) is 2.14. The smallest absolute Gasteiger partial charge is 0.189 e. The number of pyridine rings is 1. The van der Waals surface area contributed by atoms with Gasteiger partial charge in [0.15, 0.2) is 5.16 Å². The molecule has 0 atom stereocenters. The molecule has 0 saturated carbocycles. The van der Waals surface area contributed by atoms with Crippen LogP contribution >= 0.6 is 11.8 Å². The summed E-state index contributed by atoms with van der Waals surface area (Å²) in [6.07, 6.45) is 7.94. The lowest BCUT2D eigenvalue weighted by atomic mass is 10.0. The zero-order valence-corrected chi connectivity index (χ0v) is 13.8. The molecule has 0 radical (unpaired) electrons. The van der Waals surface area contributed by atoms with E-state index in [4.69, 9.17) is 0 Å². The number of anilines is 2. The molecule has 6 heteroatoms. The Labute approximate surface area is 135 Å². The molecule has 1 aliphatic rings. The van der Waals surface area contributed by atoms with Crippen molar-refractivity contribution in [3.05, 3.63) is 36.7 Å². The fourth-order valence-corrected chi connectivity index (χ4v) is 3.19. The second-order valence-electron chi connectivity index (χ2n) is 5.42. The highest BCUT2D eigenvalue weighted by Crippen LogP contribution is 2.23. The Bertz CT molecular complexity index is 598. The molecule has 22 heavy (non-hydrogen) atoms. The van der Waals surface area contributed by atoms with Crippen molar-refractivity contribution in [1.29, 1.82) is 0 Å². The van der Waals surface area contributed by atoms with Gasteiger partial charge < -0.3 is 9.80 Å². The summed E-state index contributed by atoms with van der Waals surface area (Å²) in [5, 5.41) is 0.838. The molecule has 0 aromatic carbocycles. The third-order valence-electron chi connectivity index (χ3n) is 4.15.